The summed E-state index contributed by atoms with van der Waals surface area (Å²) < 4.78 is 11.3. The summed E-state index contributed by atoms with van der Waals surface area (Å²) in [6, 6.07) is 50.5. The van der Waals surface area contributed by atoms with Crippen molar-refractivity contribution in [3.05, 3.63) is 164 Å². The topological polar surface area (TPSA) is 57.2 Å². The van der Waals surface area contributed by atoms with Crippen molar-refractivity contribution in [1.82, 2.24) is 23.9 Å². The van der Waals surface area contributed by atoms with Gasteiger partial charge >= 0.3 is 0 Å². The van der Waals surface area contributed by atoms with Gasteiger partial charge in [-0.05, 0) is 77.0 Å². The van der Waals surface area contributed by atoms with Crippen LogP contribution in [0.2, 0.25) is 0 Å². The lowest BCUT2D eigenvalue weighted by Crippen LogP contribution is -2.12. The Kier molecular flexibility index (Phi) is 6.95. The van der Waals surface area contributed by atoms with Crippen LogP contribution in [0.5, 0.6) is 11.5 Å². The fraction of sp³-hybridized carbons (Fsp3) is 0.0851. The Hall–Kier alpha value is -6.79. The number of rotatable bonds is 5. The molecule has 0 N–H and O–H groups in total. The monoisotopic (exact) mass is 685 g/mol. The SMILES string of the molecule is CC(C)(C)c1cc(Oc2ccc3c4cccnc4n4c(-c5ccccc5)c(-c5ccccc5)nc4c3c2)cc(-n2c3ccccc3c3cccnc32)c1. The summed E-state index contributed by atoms with van der Waals surface area (Å²) in [5.74, 6) is 1.48. The number of para-hydroxylation sites is 1. The number of fused-ring (bicyclic) bond motifs is 9. The molecule has 0 amide bonds. The third-order valence-corrected chi connectivity index (χ3v) is 10.2. The molecule has 0 fully saturated rings. The molecule has 6 nitrogen and oxygen atoms in total. The molecule has 0 aliphatic carbocycles. The first-order chi connectivity index (χ1) is 25.9. The van der Waals surface area contributed by atoms with Gasteiger partial charge in [-0.25, -0.2) is 15.0 Å². The van der Waals surface area contributed by atoms with Crippen LogP contribution in [0.25, 0.3) is 77.6 Å². The van der Waals surface area contributed by atoms with Crippen LogP contribution >= 0.6 is 0 Å². The Bertz CT molecular complexity index is 2960. The second-order valence-electron chi connectivity index (χ2n) is 14.6. The number of ether oxygens (including phenoxy) is 1. The van der Waals surface area contributed by atoms with Gasteiger partial charge < -0.3 is 4.74 Å². The van der Waals surface area contributed by atoms with Crippen molar-refractivity contribution < 1.29 is 4.74 Å². The lowest BCUT2D eigenvalue weighted by Gasteiger charge is -2.22. The Morgan fingerprint density at radius 3 is 1.92 bits per heavy atom. The lowest BCUT2D eigenvalue weighted by atomic mass is 9.86. The van der Waals surface area contributed by atoms with Gasteiger partial charge in [0.05, 0.1) is 22.6 Å². The van der Waals surface area contributed by atoms with E-state index in [2.05, 4.69) is 151 Å². The van der Waals surface area contributed by atoms with Gasteiger partial charge in [-0.2, -0.15) is 0 Å². The number of hydrogen-bond donors (Lipinski definition) is 0. The minimum absolute atomic E-state index is 0.126. The third kappa shape index (κ3) is 5.06. The van der Waals surface area contributed by atoms with Crippen LogP contribution in [0, 0.1) is 0 Å². The predicted octanol–water partition coefficient (Wildman–Crippen LogP) is 12.0. The maximum atomic E-state index is 6.87. The molecule has 0 aliphatic rings. The van der Waals surface area contributed by atoms with Gasteiger partial charge in [0, 0.05) is 51.1 Å². The van der Waals surface area contributed by atoms with Crippen LogP contribution in [-0.2, 0) is 5.41 Å². The van der Waals surface area contributed by atoms with Gasteiger partial charge in [-0.1, -0.05) is 99.6 Å². The molecule has 0 unspecified atom stereocenters. The summed E-state index contributed by atoms with van der Waals surface area (Å²) in [5, 5.41) is 5.39. The first-order valence-corrected chi connectivity index (χ1v) is 17.9. The van der Waals surface area contributed by atoms with Crippen molar-refractivity contribution in [2.75, 3.05) is 0 Å². The zero-order valence-corrected chi connectivity index (χ0v) is 29.7. The normalized spacial score (nSPS) is 12.1. The second kappa shape index (κ2) is 11.9. The summed E-state index contributed by atoms with van der Waals surface area (Å²) in [6.45, 7) is 6.70. The molecular weight excluding hydrogens is 651 g/mol. The predicted molar refractivity (Wildman–Crippen MR) is 216 cm³/mol. The van der Waals surface area contributed by atoms with E-state index in [1.54, 1.807) is 0 Å². The average molecular weight is 686 g/mol. The first kappa shape index (κ1) is 31.0. The van der Waals surface area contributed by atoms with Crippen molar-refractivity contribution in [3.8, 4) is 39.7 Å². The average Bonchev–Trinajstić information content (AvgIpc) is 3.76. The molecule has 53 heavy (non-hydrogen) atoms. The van der Waals surface area contributed by atoms with Gasteiger partial charge in [-0.3, -0.25) is 8.97 Å². The Morgan fingerprint density at radius 2 is 1.17 bits per heavy atom. The van der Waals surface area contributed by atoms with E-state index < -0.39 is 0 Å². The smallest absolute Gasteiger partial charge is 0.147 e. The number of benzene rings is 5. The van der Waals surface area contributed by atoms with E-state index in [-0.39, 0.29) is 5.41 Å². The molecule has 10 aromatic rings. The van der Waals surface area contributed by atoms with Crippen molar-refractivity contribution in [2.45, 2.75) is 26.2 Å². The largest absolute Gasteiger partial charge is 0.457 e. The summed E-state index contributed by atoms with van der Waals surface area (Å²) in [7, 11) is 0. The number of pyridine rings is 3. The summed E-state index contributed by atoms with van der Waals surface area (Å²) in [6.07, 6.45) is 3.72. The van der Waals surface area contributed by atoms with E-state index in [0.29, 0.717) is 0 Å². The van der Waals surface area contributed by atoms with E-state index in [1.807, 2.05) is 36.7 Å². The van der Waals surface area contributed by atoms with Crippen LogP contribution in [-0.4, -0.2) is 23.9 Å². The molecule has 0 aliphatic heterocycles. The molecular formula is C47H35N5O. The van der Waals surface area contributed by atoms with Crippen LogP contribution in [0.1, 0.15) is 26.3 Å². The summed E-state index contributed by atoms with van der Waals surface area (Å²) >= 11 is 0. The van der Waals surface area contributed by atoms with E-state index in [1.165, 1.54) is 10.9 Å². The van der Waals surface area contributed by atoms with Gasteiger partial charge in [0.25, 0.3) is 0 Å². The van der Waals surface area contributed by atoms with E-state index in [0.717, 1.165) is 83.7 Å². The van der Waals surface area contributed by atoms with Gasteiger partial charge in [0.1, 0.15) is 28.4 Å². The van der Waals surface area contributed by atoms with E-state index in [9.17, 15) is 0 Å². The van der Waals surface area contributed by atoms with Gasteiger partial charge in [0.15, 0.2) is 0 Å². The number of imidazole rings is 1. The van der Waals surface area contributed by atoms with Crippen LogP contribution in [0.15, 0.2) is 158 Å². The highest BCUT2D eigenvalue weighted by Gasteiger charge is 2.23. The molecule has 0 saturated carbocycles. The van der Waals surface area contributed by atoms with Crippen molar-refractivity contribution in [1.29, 1.82) is 0 Å². The molecule has 6 heteroatoms. The Balaban J connectivity index is 1.20. The molecule has 0 atom stereocenters. The van der Waals surface area contributed by atoms with Crippen LogP contribution < -0.4 is 4.74 Å². The van der Waals surface area contributed by atoms with Crippen LogP contribution in [0.4, 0.5) is 0 Å². The van der Waals surface area contributed by atoms with E-state index in [4.69, 9.17) is 19.7 Å². The fourth-order valence-electron chi connectivity index (χ4n) is 7.66. The minimum atomic E-state index is -0.126. The van der Waals surface area contributed by atoms with Gasteiger partial charge in [0.2, 0.25) is 0 Å². The fourth-order valence-corrected chi connectivity index (χ4v) is 7.66. The molecule has 254 valence electrons. The molecule has 0 radical (unpaired) electrons. The summed E-state index contributed by atoms with van der Waals surface area (Å²) in [4.78, 5) is 15.2. The highest BCUT2D eigenvalue weighted by atomic mass is 16.5. The lowest BCUT2D eigenvalue weighted by molar-refractivity contribution is 0.479. The maximum Gasteiger partial charge on any atom is 0.147 e. The van der Waals surface area contributed by atoms with Gasteiger partial charge in [-0.15, -0.1) is 0 Å². The zero-order chi connectivity index (χ0) is 35.7. The van der Waals surface area contributed by atoms with E-state index >= 15 is 0 Å². The van der Waals surface area contributed by atoms with Crippen LogP contribution in [0.3, 0.4) is 0 Å². The van der Waals surface area contributed by atoms with Crippen molar-refractivity contribution >= 4 is 49.4 Å². The Morgan fingerprint density at radius 1 is 0.509 bits per heavy atom. The maximum absolute atomic E-state index is 6.87. The molecule has 0 spiro atoms. The Labute approximate surface area is 306 Å². The first-order valence-electron chi connectivity index (χ1n) is 17.9. The molecule has 5 aromatic heterocycles. The standard InChI is InChI=1S/C47H35N5O/c1-47(2,3)32-26-33(51-41-21-11-10-18-37(41)39-20-13-24-48-44(39)51)28-35(27-32)53-34-22-23-36-38-19-12-25-49-45(38)52-43(31-16-8-5-9-17-31)42(30-14-6-4-7-15-30)50-46(52)40(36)29-34/h4-29H,1-3H3. The quantitative estimate of drug-likeness (QED) is 0.169. The zero-order valence-electron chi connectivity index (χ0n) is 29.7. The number of nitrogens with zero attached hydrogens (tertiary/aromatic N) is 5. The van der Waals surface area contributed by atoms with Crippen molar-refractivity contribution in [2.24, 2.45) is 0 Å². The molecule has 0 bridgehead atoms. The minimum Gasteiger partial charge on any atom is -0.457 e. The highest BCUT2D eigenvalue weighted by Crippen LogP contribution is 2.41. The molecule has 5 heterocycles. The molecule has 0 saturated heterocycles. The highest BCUT2D eigenvalue weighted by molar-refractivity contribution is 6.13. The second-order valence-corrected chi connectivity index (χ2v) is 14.6. The molecule has 10 rings (SSSR count). The molecule has 5 aromatic carbocycles. The number of aromatic nitrogens is 5. The number of hydrogen-bond acceptors (Lipinski definition) is 4. The third-order valence-electron chi connectivity index (χ3n) is 10.2. The van der Waals surface area contributed by atoms with Crippen molar-refractivity contribution in [3.63, 3.8) is 0 Å². The summed E-state index contributed by atoms with van der Waals surface area (Å²) in [5.41, 5.74) is 9.79.